The van der Waals surface area contributed by atoms with Gasteiger partial charge in [0.25, 0.3) is 0 Å². The minimum Gasteiger partial charge on any atom is -0.372 e. The number of hydrogen-bond donors (Lipinski definition) is 2. The zero-order valence-corrected chi connectivity index (χ0v) is 13.1. The molecule has 108 valence electrons. The lowest BCUT2D eigenvalue weighted by molar-refractivity contribution is 0.581. The van der Waals surface area contributed by atoms with Crippen molar-refractivity contribution in [3.63, 3.8) is 0 Å². The maximum Gasteiger partial charge on any atom is 0.242 e. The molecule has 0 fully saturated rings. The molecule has 0 aliphatic rings. The van der Waals surface area contributed by atoms with E-state index in [4.69, 9.17) is 11.6 Å². The van der Waals surface area contributed by atoms with Crippen molar-refractivity contribution in [3.05, 3.63) is 39.7 Å². The standard InChI is InChI=1S/C12H14ClN3O2S2/c1-14-12-11(13)7-10(8-15-12)20(17,18)16-5-4-9-3-2-6-19-9/h2-3,6-8,16H,4-5H2,1H3,(H,14,15). The number of thiophene rings is 1. The summed E-state index contributed by atoms with van der Waals surface area (Å²) in [7, 11) is -1.91. The van der Waals surface area contributed by atoms with Gasteiger partial charge in [-0.3, -0.25) is 0 Å². The zero-order chi connectivity index (χ0) is 14.6. The monoisotopic (exact) mass is 331 g/mol. The molecular weight excluding hydrogens is 318 g/mol. The molecule has 2 heterocycles. The van der Waals surface area contributed by atoms with Crippen LogP contribution in [0.4, 0.5) is 5.82 Å². The molecule has 0 aliphatic heterocycles. The van der Waals surface area contributed by atoms with Crippen LogP contribution in [0.3, 0.4) is 0 Å². The van der Waals surface area contributed by atoms with Crippen LogP contribution in [0.15, 0.2) is 34.7 Å². The van der Waals surface area contributed by atoms with Gasteiger partial charge in [-0.05, 0) is 23.9 Å². The van der Waals surface area contributed by atoms with Crippen LogP contribution >= 0.6 is 22.9 Å². The Hall–Kier alpha value is -1.15. The first-order valence-corrected chi connectivity index (χ1v) is 8.62. The predicted octanol–water partition coefficient (Wildman–Crippen LogP) is 2.36. The van der Waals surface area contributed by atoms with Crippen LogP contribution in [0.2, 0.25) is 5.02 Å². The van der Waals surface area contributed by atoms with E-state index in [0.29, 0.717) is 18.8 Å². The van der Waals surface area contributed by atoms with Crippen molar-refractivity contribution in [2.75, 3.05) is 18.9 Å². The first kappa shape index (κ1) is 15.2. The number of halogens is 1. The van der Waals surface area contributed by atoms with Gasteiger partial charge < -0.3 is 5.32 Å². The van der Waals surface area contributed by atoms with Crippen molar-refractivity contribution in [2.45, 2.75) is 11.3 Å². The molecule has 0 amide bonds. The number of rotatable bonds is 6. The SMILES string of the molecule is CNc1ncc(S(=O)(=O)NCCc2cccs2)cc1Cl. The molecular formula is C12H14ClN3O2S2. The molecule has 2 aromatic heterocycles. The number of nitrogens with zero attached hydrogens (tertiary/aromatic N) is 1. The fraction of sp³-hybridized carbons (Fsp3) is 0.250. The lowest BCUT2D eigenvalue weighted by atomic mass is 10.3. The largest absolute Gasteiger partial charge is 0.372 e. The van der Waals surface area contributed by atoms with Crippen molar-refractivity contribution in [2.24, 2.45) is 0 Å². The first-order chi connectivity index (χ1) is 9.53. The van der Waals surface area contributed by atoms with Crippen LogP contribution in [0.5, 0.6) is 0 Å². The minimum absolute atomic E-state index is 0.0627. The summed E-state index contributed by atoms with van der Waals surface area (Å²) in [6, 6.07) is 5.29. The lowest BCUT2D eigenvalue weighted by Crippen LogP contribution is -2.26. The second-order valence-electron chi connectivity index (χ2n) is 3.98. The summed E-state index contributed by atoms with van der Waals surface area (Å²) < 4.78 is 26.7. The zero-order valence-electron chi connectivity index (χ0n) is 10.8. The van der Waals surface area contributed by atoms with Gasteiger partial charge in [0.15, 0.2) is 0 Å². The van der Waals surface area contributed by atoms with Crippen LogP contribution < -0.4 is 10.0 Å². The Morgan fingerprint density at radius 1 is 1.45 bits per heavy atom. The van der Waals surface area contributed by atoms with Crippen molar-refractivity contribution in [1.29, 1.82) is 0 Å². The molecule has 0 unspecified atom stereocenters. The van der Waals surface area contributed by atoms with Gasteiger partial charge in [-0.2, -0.15) is 0 Å². The molecule has 0 radical (unpaired) electrons. The van der Waals surface area contributed by atoms with Gasteiger partial charge in [0.1, 0.15) is 10.7 Å². The molecule has 0 aliphatic carbocycles. The van der Waals surface area contributed by atoms with Crippen molar-refractivity contribution in [1.82, 2.24) is 9.71 Å². The number of anilines is 1. The van der Waals surface area contributed by atoms with E-state index >= 15 is 0 Å². The van der Waals surface area contributed by atoms with Crippen molar-refractivity contribution in [3.8, 4) is 0 Å². The average molecular weight is 332 g/mol. The maximum absolute atomic E-state index is 12.1. The lowest BCUT2D eigenvalue weighted by Gasteiger charge is -2.08. The first-order valence-electron chi connectivity index (χ1n) is 5.88. The van der Waals surface area contributed by atoms with E-state index in [0.717, 1.165) is 4.88 Å². The normalized spacial score (nSPS) is 11.5. The Kier molecular flexibility index (Phi) is 4.98. The molecule has 8 heteroatoms. The Bertz CT molecular complexity index is 672. The van der Waals surface area contributed by atoms with E-state index in [1.54, 1.807) is 18.4 Å². The second kappa shape index (κ2) is 6.53. The molecule has 0 saturated carbocycles. The highest BCUT2D eigenvalue weighted by Crippen LogP contribution is 2.21. The third kappa shape index (κ3) is 3.69. The molecule has 0 saturated heterocycles. The van der Waals surface area contributed by atoms with Gasteiger partial charge in [-0.15, -0.1) is 11.3 Å². The summed E-state index contributed by atoms with van der Waals surface area (Å²) in [6.07, 6.45) is 1.94. The molecule has 2 aromatic rings. The summed E-state index contributed by atoms with van der Waals surface area (Å²) in [4.78, 5) is 5.16. The predicted molar refractivity (Wildman–Crippen MR) is 82.0 cm³/mol. The minimum atomic E-state index is -3.58. The van der Waals surface area contributed by atoms with Crippen LogP contribution in [-0.2, 0) is 16.4 Å². The smallest absolute Gasteiger partial charge is 0.242 e. The van der Waals surface area contributed by atoms with E-state index in [9.17, 15) is 8.42 Å². The van der Waals surface area contributed by atoms with E-state index in [-0.39, 0.29) is 9.92 Å². The maximum atomic E-state index is 12.1. The molecule has 0 aromatic carbocycles. The highest BCUT2D eigenvalue weighted by molar-refractivity contribution is 7.89. The van der Waals surface area contributed by atoms with Crippen LogP contribution in [0.1, 0.15) is 4.88 Å². The third-order valence-corrected chi connectivity index (χ3v) is 5.26. The van der Waals surface area contributed by atoms with Crippen LogP contribution in [0, 0.1) is 0 Å². The van der Waals surface area contributed by atoms with E-state index in [1.807, 2.05) is 17.5 Å². The van der Waals surface area contributed by atoms with Crippen LogP contribution in [-0.4, -0.2) is 27.0 Å². The summed E-state index contributed by atoms with van der Waals surface area (Å²) in [5.74, 6) is 0.448. The Morgan fingerprint density at radius 2 is 2.25 bits per heavy atom. The molecule has 0 atom stereocenters. The number of hydrogen-bond acceptors (Lipinski definition) is 5. The third-order valence-electron chi connectivity index (χ3n) is 2.61. The number of aromatic nitrogens is 1. The van der Waals surface area contributed by atoms with Crippen molar-refractivity contribution >= 4 is 38.8 Å². The fourth-order valence-corrected chi connectivity index (χ4v) is 3.63. The molecule has 0 bridgehead atoms. The van der Waals surface area contributed by atoms with E-state index < -0.39 is 10.0 Å². The van der Waals surface area contributed by atoms with Crippen LogP contribution in [0.25, 0.3) is 0 Å². The molecule has 0 spiro atoms. The Labute approximate surface area is 127 Å². The summed E-state index contributed by atoms with van der Waals surface area (Å²) in [6.45, 7) is 0.342. The van der Waals surface area contributed by atoms with Gasteiger partial charge >= 0.3 is 0 Å². The average Bonchev–Trinajstić information content (AvgIpc) is 2.91. The van der Waals surface area contributed by atoms with Gasteiger partial charge in [-0.25, -0.2) is 18.1 Å². The fourth-order valence-electron chi connectivity index (χ4n) is 1.60. The van der Waals surface area contributed by atoms with E-state index in [2.05, 4.69) is 15.0 Å². The number of nitrogens with one attached hydrogen (secondary N) is 2. The Morgan fingerprint density at radius 3 is 2.85 bits per heavy atom. The highest BCUT2D eigenvalue weighted by atomic mass is 35.5. The molecule has 2 rings (SSSR count). The van der Waals surface area contributed by atoms with Gasteiger partial charge in [0.05, 0.1) is 5.02 Å². The topological polar surface area (TPSA) is 71.1 Å². The van der Waals surface area contributed by atoms with Gasteiger partial charge in [0, 0.05) is 24.7 Å². The number of sulfonamides is 1. The quantitative estimate of drug-likeness (QED) is 0.852. The number of pyridine rings is 1. The molecule has 2 N–H and O–H groups in total. The highest BCUT2D eigenvalue weighted by Gasteiger charge is 2.15. The molecule has 5 nitrogen and oxygen atoms in total. The van der Waals surface area contributed by atoms with Gasteiger partial charge in [-0.1, -0.05) is 17.7 Å². The summed E-state index contributed by atoms with van der Waals surface area (Å²) in [5.41, 5.74) is 0. The Balaban J connectivity index is 2.04. The second-order valence-corrected chi connectivity index (χ2v) is 7.18. The summed E-state index contributed by atoms with van der Waals surface area (Å²) in [5, 5.41) is 5.01. The molecule has 20 heavy (non-hydrogen) atoms. The van der Waals surface area contributed by atoms with E-state index in [1.165, 1.54) is 12.3 Å². The van der Waals surface area contributed by atoms with Gasteiger partial charge in [0.2, 0.25) is 10.0 Å². The van der Waals surface area contributed by atoms with Crippen molar-refractivity contribution < 1.29 is 8.42 Å². The summed E-state index contributed by atoms with van der Waals surface area (Å²) >= 11 is 7.54.